The zero-order valence-electron chi connectivity index (χ0n) is 13.3. The minimum atomic E-state index is -0.401. The predicted octanol–water partition coefficient (Wildman–Crippen LogP) is 1.56. The highest BCUT2D eigenvalue weighted by molar-refractivity contribution is 5.96. The summed E-state index contributed by atoms with van der Waals surface area (Å²) in [6, 6.07) is 3.26. The number of hydrogen-bond acceptors (Lipinski definition) is 5. The van der Waals surface area contributed by atoms with Gasteiger partial charge in [0.15, 0.2) is 0 Å². The summed E-state index contributed by atoms with van der Waals surface area (Å²) in [5.74, 6) is 0.0886. The molecule has 1 heterocycles. The van der Waals surface area contributed by atoms with Crippen molar-refractivity contribution in [3.8, 4) is 0 Å². The smallest absolute Gasteiger partial charge is 0.325 e. The van der Waals surface area contributed by atoms with Crippen LogP contribution in [-0.4, -0.2) is 55.0 Å². The molecular weight excluding hydrogens is 270 g/mol. The van der Waals surface area contributed by atoms with Crippen LogP contribution in [0.15, 0.2) is 18.3 Å². The van der Waals surface area contributed by atoms with E-state index in [1.807, 2.05) is 32.8 Å². The van der Waals surface area contributed by atoms with Crippen LogP contribution in [0.2, 0.25) is 0 Å². The third-order valence-corrected chi connectivity index (χ3v) is 2.94. The SMILES string of the molecule is CCOC(=O)CN(C(=O)c1ccnc(N(C)C)c1)C(C)C. The second-order valence-corrected chi connectivity index (χ2v) is 5.13. The van der Waals surface area contributed by atoms with Crippen molar-refractivity contribution in [2.75, 3.05) is 32.1 Å². The molecule has 0 fully saturated rings. The van der Waals surface area contributed by atoms with E-state index in [0.717, 1.165) is 0 Å². The zero-order valence-corrected chi connectivity index (χ0v) is 13.3. The molecule has 0 unspecified atom stereocenters. The quantitative estimate of drug-likeness (QED) is 0.745. The van der Waals surface area contributed by atoms with Crippen molar-refractivity contribution >= 4 is 17.7 Å². The summed E-state index contributed by atoms with van der Waals surface area (Å²) in [6.45, 7) is 5.73. The fourth-order valence-corrected chi connectivity index (χ4v) is 1.80. The minimum absolute atomic E-state index is 0.0516. The van der Waals surface area contributed by atoms with Gasteiger partial charge in [-0.15, -0.1) is 0 Å². The standard InChI is InChI=1S/C15H23N3O3/c1-6-21-14(19)10-18(11(2)3)15(20)12-7-8-16-13(9-12)17(4)5/h7-9,11H,6,10H2,1-5H3. The molecule has 0 spiro atoms. The number of ether oxygens (including phenoxy) is 1. The fraction of sp³-hybridized carbons (Fsp3) is 0.533. The Morgan fingerprint density at radius 3 is 2.52 bits per heavy atom. The molecule has 1 aromatic heterocycles. The molecule has 0 N–H and O–H groups in total. The molecular formula is C15H23N3O3. The Morgan fingerprint density at radius 2 is 2.00 bits per heavy atom. The van der Waals surface area contributed by atoms with Gasteiger partial charge in [-0.25, -0.2) is 4.98 Å². The second kappa shape index (κ2) is 7.61. The first-order chi connectivity index (χ1) is 9.86. The summed E-state index contributed by atoms with van der Waals surface area (Å²) >= 11 is 0. The van der Waals surface area contributed by atoms with Crippen LogP contribution in [0.25, 0.3) is 0 Å². The van der Waals surface area contributed by atoms with Gasteiger partial charge in [0.2, 0.25) is 0 Å². The van der Waals surface area contributed by atoms with Crippen LogP contribution < -0.4 is 4.90 Å². The van der Waals surface area contributed by atoms with Crippen molar-refractivity contribution in [3.05, 3.63) is 23.9 Å². The third-order valence-electron chi connectivity index (χ3n) is 2.94. The Balaban J connectivity index is 2.95. The van der Waals surface area contributed by atoms with Crippen LogP contribution in [0.4, 0.5) is 5.82 Å². The first kappa shape index (κ1) is 16.9. The number of carbonyl (C=O) groups excluding carboxylic acids is 2. The number of carbonyl (C=O) groups is 2. The summed E-state index contributed by atoms with van der Waals surface area (Å²) in [5.41, 5.74) is 0.506. The number of rotatable bonds is 6. The topological polar surface area (TPSA) is 62.7 Å². The maximum atomic E-state index is 12.6. The van der Waals surface area contributed by atoms with Crippen molar-refractivity contribution in [2.24, 2.45) is 0 Å². The highest BCUT2D eigenvalue weighted by Crippen LogP contribution is 2.13. The second-order valence-electron chi connectivity index (χ2n) is 5.13. The van der Waals surface area contributed by atoms with Crippen molar-refractivity contribution in [1.29, 1.82) is 0 Å². The summed E-state index contributed by atoms with van der Waals surface area (Å²) < 4.78 is 4.92. The number of esters is 1. The van der Waals surface area contributed by atoms with Crippen molar-refractivity contribution in [3.63, 3.8) is 0 Å². The molecule has 0 bridgehead atoms. The maximum absolute atomic E-state index is 12.6. The lowest BCUT2D eigenvalue weighted by atomic mass is 10.2. The van der Waals surface area contributed by atoms with E-state index < -0.39 is 5.97 Å². The highest BCUT2D eigenvalue weighted by Gasteiger charge is 2.22. The van der Waals surface area contributed by atoms with Gasteiger partial charge in [0.1, 0.15) is 12.4 Å². The number of hydrogen-bond donors (Lipinski definition) is 0. The number of anilines is 1. The largest absolute Gasteiger partial charge is 0.465 e. The molecule has 0 atom stereocenters. The van der Waals surface area contributed by atoms with E-state index in [0.29, 0.717) is 18.0 Å². The van der Waals surface area contributed by atoms with E-state index in [1.54, 1.807) is 25.3 Å². The monoisotopic (exact) mass is 293 g/mol. The van der Waals surface area contributed by atoms with Crippen LogP contribution in [0.3, 0.4) is 0 Å². The molecule has 1 aromatic rings. The lowest BCUT2D eigenvalue weighted by molar-refractivity contribution is -0.144. The summed E-state index contributed by atoms with van der Waals surface area (Å²) in [5, 5.41) is 0. The van der Waals surface area contributed by atoms with Crippen molar-refractivity contribution in [2.45, 2.75) is 26.8 Å². The molecule has 116 valence electrons. The number of amides is 1. The first-order valence-corrected chi connectivity index (χ1v) is 6.96. The van der Waals surface area contributed by atoms with Crippen LogP contribution in [0.1, 0.15) is 31.1 Å². The maximum Gasteiger partial charge on any atom is 0.325 e. The van der Waals surface area contributed by atoms with Gasteiger partial charge in [0.05, 0.1) is 6.61 Å². The van der Waals surface area contributed by atoms with E-state index >= 15 is 0 Å². The van der Waals surface area contributed by atoms with Gasteiger partial charge in [0, 0.05) is 31.9 Å². The average Bonchev–Trinajstić information content (AvgIpc) is 2.44. The number of nitrogens with zero attached hydrogens (tertiary/aromatic N) is 3. The lowest BCUT2D eigenvalue weighted by Crippen LogP contribution is -2.41. The molecule has 1 amide bonds. The number of pyridine rings is 1. The molecule has 0 aromatic carbocycles. The molecule has 0 aliphatic rings. The predicted molar refractivity (Wildman–Crippen MR) is 81.4 cm³/mol. The van der Waals surface area contributed by atoms with Crippen molar-refractivity contribution in [1.82, 2.24) is 9.88 Å². The summed E-state index contributed by atoms with van der Waals surface area (Å²) in [4.78, 5) is 31.7. The lowest BCUT2D eigenvalue weighted by Gasteiger charge is -2.26. The van der Waals surface area contributed by atoms with Crippen LogP contribution in [0.5, 0.6) is 0 Å². The van der Waals surface area contributed by atoms with E-state index in [-0.39, 0.29) is 18.5 Å². The van der Waals surface area contributed by atoms with Gasteiger partial charge in [-0.3, -0.25) is 9.59 Å². The van der Waals surface area contributed by atoms with Gasteiger partial charge in [-0.1, -0.05) is 0 Å². The fourth-order valence-electron chi connectivity index (χ4n) is 1.80. The first-order valence-electron chi connectivity index (χ1n) is 6.96. The highest BCUT2D eigenvalue weighted by atomic mass is 16.5. The Bertz CT molecular complexity index is 501. The molecule has 0 saturated carbocycles. The van der Waals surface area contributed by atoms with E-state index in [9.17, 15) is 9.59 Å². The van der Waals surface area contributed by atoms with Gasteiger partial charge < -0.3 is 14.5 Å². The Hall–Kier alpha value is -2.11. The van der Waals surface area contributed by atoms with Crippen LogP contribution in [0, 0.1) is 0 Å². The minimum Gasteiger partial charge on any atom is -0.465 e. The third kappa shape index (κ3) is 4.73. The normalized spacial score (nSPS) is 10.4. The summed E-state index contributed by atoms with van der Waals surface area (Å²) in [7, 11) is 3.71. The zero-order chi connectivity index (χ0) is 16.0. The van der Waals surface area contributed by atoms with Gasteiger partial charge in [-0.2, -0.15) is 0 Å². The van der Waals surface area contributed by atoms with E-state index in [1.165, 1.54) is 4.90 Å². The van der Waals surface area contributed by atoms with Crippen LogP contribution in [-0.2, 0) is 9.53 Å². The molecule has 1 rings (SSSR count). The van der Waals surface area contributed by atoms with Crippen LogP contribution >= 0.6 is 0 Å². The van der Waals surface area contributed by atoms with Gasteiger partial charge >= 0.3 is 5.97 Å². The van der Waals surface area contributed by atoms with Gasteiger partial charge in [-0.05, 0) is 32.9 Å². The summed E-state index contributed by atoms with van der Waals surface area (Å²) in [6.07, 6.45) is 1.59. The average molecular weight is 293 g/mol. The Kier molecular flexibility index (Phi) is 6.14. The van der Waals surface area contributed by atoms with E-state index in [2.05, 4.69) is 4.98 Å². The molecule has 6 heteroatoms. The van der Waals surface area contributed by atoms with Gasteiger partial charge in [0.25, 0.3) is 5.91 Å². The molecule has 0 saturated heterocycles. The Labute approximate surface area is 125 Å². The molecule has 6 nitrogen and oxygen atoms in total. The molecule has 0 radical (unpaired) electrons. The molecule has 0 aliphatic carbocycles. The van der Waals surface area contributed by atoms with Crippen molar-refractivity contribution < 1.29 is 14.3 Å². The van der Waals surface area contributed by atoms with E-state index in [4.69, 9.17) is 4.74 Å². The number of aromatic nitrogens is 1. The molecule has 21 heavy (non-hydrogen) atoms. The molecule has 0 aliphatic heterocycles. The Morgan fingerprint density at radius 1 is 1.33 bits per heavy atom.